The number of aromatic nitrogens is 2. The fourth-order valence-corrected chi connectivity index (χ4v) is 1.69. The third kappa shape index (κ3) is 1.45. The van der Waals surface area contributed by atoms with Crippen molar-refractivity contribution in [1.82, 2.24) is 15.1 Å². The second kappa shape index (κ2) is 3.34. The van der Waals surface area contributed by atoms with Gasteiger partial charge in [0.2, 0.25) is 0 Å². The van der Waals surface area contributed by atoms with E-state index in [-0.39, 0.29) is 5.69 Å². The first kappa shape index (κ1) is 9.63. The predicted octanol–water partition coefficient (Wildman–Crippen LogP) is -0.0135. The van der Waals surface area contributed by atoms with E-state index in [1.54, 1.807) is 14.0 Å². The third-order valence-electron chi connectivity index (χ3n) is 2.27. The van der Waals surface area contributed by atoms with Crippen LogP contribution >= 0.6 is 0 Å². The van der Waals surface area contributed by atoms with Crippen molar-refractivity contribution in [3.05, 3.63) is 21.5 Å². The van der Waals surface area contributed by atoms with Crippen molar-refractivity contribution >= 4 is 11.5 Å². The maximum atomic E-state index is 10.9. The lowest BCUT2D eigenvalue weighted by atomic mass is 10.3. The number of hydrogen-bond donors (Lipinski definition) is 1. The van der Waals surface area contributed by atoms with Gasteiger partial charge in [0, 0.05) is 13.6 Å². The van der Waals surface area contributed by atoms with Gasteiger partial charge in [0.25, 0.3) is 0 Å². The zero-order chi connectivity index (χ0) is 11.0. The number of aryl methyl sites for hydroxylation is 2. The Morgan fingerprint density at radius 2 is 2.33 bits per heavy atom. The van der Waals surface area contributed by atoms with Crippen LogP contribution in [0.4, 0.5) is 5.69 Å². The molecule has 0 saturated carbocycles. The van der Waals surface area contributed by atoms with Crippen molar-refractivity contribution in [2.45, 2.75) is 6.92 Å². The van der Waals surface area contributed by atoms with Gasteiger partial charge in [-0.15, -0.1) is 0 Å². The number of amidine groups is 1. The maximum Gasteiger partial charge on any atom is 0.320 e. The molecular weight excluding hydrogens is 198 g/mol. The number of nitrogens with one attached hydrogen (secondary N) is 1. The molecule has 0 saturated heterocycles. The smallest absolute Gasteiger partial charge is 0.320 e. The molecule has 0 aliphatic carbocycles. The first-order chi connectivity index (χ1) is 7.11. The monoisotopic (exact) mass is 209 g/mol. The van der Waals surface area contributed by atoms with Gasteiger partial charge >= 0.3 is 5.69 Å². The minimum Gasteiger partial charge on any atom is -0.367 e. The van der Waals surface area contributed by atoms with E-state index in [1.807, 2.05) is 0 Å². The van der Waals surface area contributed by atoms with Gasteiger partial charge in [-0.25, -0.2) is 0 Å². The molecule has 7 heteroatoms. The van der Waals surface area contributed by atoms with Gasteiger partial charge in [0.05, 0.1) is 11.5 Å². The lowest BCUT2D eigenvalue weighted by molar-refractivity contribution is -0.385. The molecule has 0 spiro atoms. The van der Waals surface area contributed by atoms with Gasteiger partial charge in [-0.2, -0.15) is 5.10 Å². The molecule has 1 aliphatic rings. The second-order valence-corrected chi connectivity index (χ2v) is 3.32. The second-order valence-electron chi connectivity index (χ2n) is 3.32. The average Bonchev–Trinajstić information content (AvgIpc) is 2.71. The van der Waals surface area contributed by atoms with Gasteiger partial charge < -0.3 is 5.32 Å². The highest BCUT2D eigenvalue weighted by atomic mass is 16.6. The molecule has 1 aromatic heterocycles. The van der Waals surface area contributed by atoms with Crippen LogP contribution in [0.15, 0.2) is 4.99 Å². The Bertz CT molecular complexity index is 448. The van der Waals surface area contributed by atoms with Crippen LogP contribution in [0, 0.1) is 17.0 Å². The fourth-order valence-electron chi connectivity index (χ4n) is 1.69. The molecule has 0 amide bonds. The molecule has 7 nitrogen and oxygen atoms in total. The van der Waals surface area contributed by atoms with Crippen LogP contribution in [0.25, 0.3) is 0 Å². The van der Waals surface area contributed by atoms with Crippen LogP contribution < -0.4 is 5.32 Å². The van der Waals surface area contributed by atoms with Crippen LogP contribution in [0.3, 0.4) is 0 Å². The predicted molar refractivity (Wildman–Crippen MR) is 54.0 cm³/mol. The average molecular weight is 209 g/mol. The molecule has 2 rings (SSSR count). The van der Waals surface area contributed by atoms with Crippen LogP contribution in [-0.2, 0) is 7.05 Å². The number of rotatable bonds is 2. The van der Waals surface area contributed by atoms with Gasteiger partial charge in [0.1, 0.15) is 5.69 Å². The fraction of sp³-hybridized carbons (Fsp3) is 0.500. The molecule has 0 bridgehead atoms. The highest BCUT2D eigenvalue weighted by Crippen LogP contribution is 2.22. The molecule has 0 radical (unpaired) electrons. The molecule has 1 N–H and O–H groups in total. The van der Waals surface area contributed by atoms with E-state index in [0.29, 0.717) is 23.8 Å². The standard InChI is InChI=1S/C8H11N5O2/c1-5-6(13(14)15)7(12(2)11-5)8-9-3-4-10-8/h3-4H2,1-2H3,(H,9,10). The van der Waals surface area contributed by atoms with Crippen LogP contribution in [0.5, 0.6) is 0 Å². The third-order valence-corrected chi connectivity index (χ3v) is 2.27. The minimum absolute atomic E-state index is 0.0330. The Kier molecular flexibility index (Phi) is 2.14. The Morgan fingerprint density at radius 3 is 2.87 bits per heavy atom. The summed E-state index contributed by atoms with van der Waals surface area (Å²) in [5.41, 5.74) is 0.898. The summed E-state index contributed by atoms with van der Waals surface area (Å²) >= 11 is 0. The Balaban J connectivity index is 2.58. The number of nitrogens with zero attached hydrogens (tertiary/aromatic N) is 4. The summed E-state index contributed by atoms with van der Waals surface area (Å²) in [4.78, 5) is 14.6. The summed E-state index contributed by atoms with van der Waals surface area (Å²) < 4.78 is 1.49. The van der Waals surface area contributed by atoms with Crippen molar-refractivity contribution < 1.29 is 4.92 Å². The molecule has 80 valence electrons. The number of aliphatic imine (C=N–C) groups is 1. The van der Waals surface area contributed by atoms with Crippen molar-refractivity contribution in [2.75, 3.05) is 13.1 Å². The van der Waals surface area contributed by atoms with Gasteiger partial charge in [-0.3, -0.25) is 19.8 Å². The van der Waals surface area contributed by atoms with Crippen LogP contribution in [-0.4, -0.2) is 33.6 Å². The van der Waals surface area contributed by atoms with Gasteiger partial charge in [-0.05, 0) is 6.92 Å². The van der Waals surface area contributed by atoms with E-state index in [0.717, 1.165) is 6.54 Å². The first-order valence-corrected chi connectivity index (χ1v) is 4.58. The molecule has 0 aromatic carbocycles. The van der Waals surface area contributed by atoms with Crippen LogP contribution in [0.2, 0.25) is 0 Å². The molecule has 2 heterocycles. The summed E-state index contributed by atoms with van der Waals surface area (Å²) in [6.07, 6.45) is 0. The minimum atomic E-state index is -0.416. The lowest BCUT2D eigenvalue weighted by Crippen LogP contribution is -2.23. The van der Waals surface area contributed by atoms with E-state index in [1.165, 1.54) is 4.68 Å². The van der Waals surface area contributed by atoms with E-state index in [4.69, 9.17) is 0 Å². The van der Waals surface area contributed by atoms with E-state index < -0.39 is 4.92 Å². The highest BCUT2D eigenvalue weighted by molar-refractivity contribution is 6.01. The first-order valence-electron chi connectivity index (χ1n) is 4.58. The molecule has 1 aliphatic heterocycles. The highest BCUT2D eigenvalue weighted by Gasteiger charge is 2.28. The summed E-state index contributed by atoms with van der Waals surface area (Å²) in [7, 11) is 1.68. The topological polar surface area (TPSA) is 85.3 Å². The lowest BCUT2D eigenvalue weighted by Gasteiger charge is -2.01. The molecule has 0 atom stereocenters. The maximum absolute atomic E-state index is 10.9. The molecule has 1 aromatic rings. The molecule has 0 unspecified atom stereocenters. The SMILES string of the molecule is Cc1nn(C)c(C2=NCCN2)c1[N+](=O)[O-]. The Hall–Kier alpha value is -1.92. The van der Waals surface area contributed by atoms with Crippen molar-refractivity contribution in [2.24, 2.45) is 12.0 Å². The molecule has 15 heavy (non-hydrogen) atoms. The normalized spacial score (nSPS) is 14.9. The molecule has 0 fully saturated rings. The van der Waals surface area contributed by atoms with E-state index in [9.17, 15) is 10.1 Å². The zero-order valence-electron chi connectivity index (χ0n) is 8.52. The van der Waals surface area contributed by atoms with Crippen molar-refractivity contribution in [1.29, 1.82) is 0 Å². The number of hydrogen-bond acceptors (Lipinski definition) is 5. The summed E-state index contributed by atoms with van der Waals surface area (Å²) in [6.45, 7) is 2.99. The largest absolute Gasteiger partial charge is 0.367 e. The Morgan fingerprint density at radius 1 is 1.60 bits per heavy atom. The van der Waals surface area contributed by atoms with E-state index in [2.05, 4.69) is 15.4 Å². The van der Waals surface area contributed by atoms with E-state index >= 15 is 0 Å². The summed E-state index contributed by atoms with van der Waals surface area (Å²) in [6, 6.07) is 0. The Labute approximate surface area is 86.0 Å². The van der Waals surface area contributed by atoms with Gasteiger partial charge in [-0.1, -0.05) is 0 Å². The molecular formula is C8H11N5O2. The van der Waals surface area contributed by atoms with Crippen molar-refractivity contribution in [3.8, 4) is 0 Å². The van der Waals surface area contributed by atoms with Crippen LogP contribution in [0.1, 0.15) is 11.4 Å². The van der Waals surface area contributed by atoms with Crippen molar-refractivity contribution in [3.63, 3.8) is 0 Å². The zero-order valence-corrected chi connectivity index (χ0v) is 8.52. The van der Waals surface area contributed by atoms with Gasteiger partial charge in [0.15, 0.2) is 11.5 Å². The summed E-state index contributed by atoms with van der Waals surface area (Å²) in [5, 5.41) is 17.9. The quantitative estimate of drug-likeness (QED) is 0.548. The summed E-state index contributed by atoms with van der Waals surface area (Å²) in [5.74, 6) is 0.560. The number of nitro groups is 1.